The minimum absolute atomic E-state index is 0.164. The number of carbonyl (C=O) groups is 1. The number of nitrogens with one attached hydrogen (secondary N) is 2. The highest BCUT2D eigenvalue weighted by Gasteiger charge is 2.26. The van der Waals surface area contributed by atoms with Crippen LogP contribution in [-0.2, 0) is 4.74 Å². The first kappa shape index (κ1) is 16.6. The summed E-state index contributed by atoms with van der Waals surface area (Å²) in [6, 6.07) is 12.5. The molecule has 0 bridgehead atoms. The van der Waals surface area contributed by atoms with Crippen molar-refractivity contribution in [2.24, 2.45) is 0 Å². The molecule has 0 spiro atoms. The van der Waals surface area contributed by atoms with Crippen molar-refractivity contribution < 1.29 is 13.9 Å². The minimum Gasteiger partial charge on any atom is -0.370 e. The number of ether oxygens (including phenoxy) is 1. The molecule has 3 aromatic rings. The van der Waals surface area contributed by atoms with Gasteiger partial charge in [0.1, 0.15) is 11.9 Å². The largest absolute Gasteiger partial charge is 0.370 e. The molecular formula is C20H20FN3O2. The molecule has 134 valence electrons. The number of aromatic amines is 1. The maximum absolute atomic E-state index is 13.5. The smallest absolute Gasteiger partial charge is 0.322 e. The molecule has 0 radical (unpaired) electrons. The van der Waals surface area contributed by atoms with Crippen molar-refractivity contribution >= 4 is 22.6 Å². The van der Waals surface area contributed by atoms with Gasteiger partial charge in [-0.3, -0.25) is 0 Å². The van der Waals surface area contributed by atoms with E-state index in [9.17, 15) is 9.18 Å². The summed E-state index contributed by atoms with van der Waals surface area (Å²) in [7, 11) is 0. The van der Waals surface area contributed by atoms with Crippen LogP contribution in [0.2, 0.25) is 0 Å². The van der Waals surface area contributed by atoms with E-state index in [1.165, 1.54) is 6.07 Å². The van der Waals surface area contributed by atoms with Gasteiger partial charge in [-0.15, -0.1) is 0 Å². The van der Waals surface area contributed by atoms with E-state index in [1.807, 2.05) is 30.5 Å². The first-order valence-corrected chi connectivity index (χ1v) is 8.61. The lowest BCUT2D eigenvalue weighted by Crippen LogP contribution is -2.44. The lowest BCUT2D eigenvalue weighted by molar-refractivity contribution is -0.0135. The molecule has 1 unspecified atom stereocenters. The molecule has 1 aliphatic heterocycles. The molecule has 2 aromatic carbocycles. The maximum Gasteiger partial charge on any atom is 0.322 e. The summed E-state index contributed by atoms with van der Waals surface area (Å²) >= 11 is 0. The Labute approximate surface area is 150 Å². The highest BCUT2D eigenvalue weighted by molar-refractivity contribution is 5.92. The zero-order valence-corrected chi connectivity index (χ0v) is 14.5. The second-order valence-electron chi connectivity index (χ2n) is 6.52. The van der Waals surface area contributed by atoms with Crippen LogP contribution in [0.4, 0.5) is 14.9 Å². The van der Waals surface area contributed by atoms with E-state index < -0.39 is 0 Å². The zero-order chi connectivity index (χ0) is 18.1. The van der Waals surface area contributed by atoms with Crippen LogP contribution in [0.25, 0.3) is 10.9 Å². The lowest BCUT2D eigenvalue weighted by Gasteiger charge is -2.33. The molecule has 1 saturated heterocycles. The Bertz CT molecular complexity index is 953. The van der Waals surface area contributed by atoms with Gasteiger partial charge in [-0.25, -0.2) is 9.18 Å². The third-order valence-corrected chi connectivity index (χ3v) is 4.71. The predicted molar refractivity (Wildman–Crippen MR) is 98.7 cm³/mol. The second-order valence-corrected chi connectivity index (χ2v) is 6.52. The van der Waals surface area contributed by atoms with E-state index in [2.05, 4.69) is 10.3 Å². The topological polar surface area (TPSA) is 57.4 Å². The van der Waals surface area contributed by atoms with Crippen molar-refractivity contribution in [3.8, 4) is 0 Å². The molecule has 6 heteroatoms. The molecule has 2 amide bonds. The van der Waals surface area contributed by atoms with Crippen LogP contribution in [0.15, 0.2) is 48.7 Å². The summed E-state index contributed by atoms with van der Waals surface area (Å²) in [6.45, 7) is 3.13. The molecule has 1 aliphatic rings. The summed E-state index contributed by atoms with van der Waals surface area (Å²) in [5.74, 6) is -0.237. The number of aromatic nitrogens is 1. The number of hydrogen-bond acceptors (Lipinski definition) is 2. The van der Waals surface area contributed by atoms with Crippen LogP contribution in [0, 0.1) is 12.7 Å². The molecule has 0 aliphatic carbocycles. The van der Waals surface area contributed by atoms with Crippen LogP contribution in [0.5, 0.6) is 0 Å². The molecule has 2 N–H and O–H groups in total. The fourth-order valence-electron chi connectivity index (χ4n) is 3.23. The van der Waals surface area contributed by atoms with Crippen LogP contribution in [0.1, 0.15) is 17.2 Å². The van der Waals surface area contributed by atoms with Gasteiger partial charge in [0.05, 0.1) is 13.2 Å². The minimum atomic E-state index is -0.250. The second kappa shape index (κ2) is 6.80. The Morgan fingerprint density at radius 3 is 3.00 bits per heavy atom. The number of fused-ring (bicyclic) bond motifs is 1. The number of H-pyrrole nitrogens is 1. The molecular weight excluding hydrogens is 333 g/mol. The molecule has 4 rings (SSSR count). The fraction of sp³-hybridized carbons (Fsp3) is 0.250. The summed E-state index contributed by atoms with van der Waals surface area (Å²) in [5, 5.41) is 4.04. The number of amides is 2. The van der Waals surface area contributed by atoms with Gasteiger partial charge < -0.3 is 19.9 Å². The van der Waals surface area contributed by atoms with Gasteiger partial charge >= 0.3 is 6.03 Å². The van der Waals surface area contributed by atoms with E-state index in [0.29, 0.717) is 25.3 Å². The van der Waals surface area contributed by atoms with E-state index in [1.54, 1.807) is 24.0 Å². The Kier molecular flexibility index (Phi) is 4.34. The van der Waals surface area contributed by atoms with Gasteiger partial charge in [-0.1, -0.05) is 18.2 Å². The Morgan fingerprint density at radius 1 is 1.27 bits per heavy atom. The van der Waals surface area contributed by atoms with Crippen LogP contribution < -0.4 is 5.32 Å². The molecule has 5 nitrogen and oxygen atoms in total. The number of hydrogen-bond donors (Lipinski definition) is 2. The quantitative estimate of drug-likeness (QED) is 0.725. The third kappa shape index (κ3) is 3.28. The van der Waals surface area contributed by atoms with Gasteiger partial charge in [0.2, 0.25) is 0 Å². The Morgan fingerprint density at radius 2 is 2.15 bits per heavy atom. The average molecular weight is 353 g/mol. The number of halogens is 1. The number of aryl methyl sites for hydroxylation is 1. The lowest BCUT2D eigenvalue weighted by atomic mass is 10.0. The van der Waals surface area contributed by atoms with Gasteiger partial charge in [0.15, 0.2) is 0 Å². The van der Waals surface area contributed by atoms with E-state index in [4.69, 9.17) is 4.74 Å². The summed E-state index contributed by atoms with van der Waals surface area (Å²) < 4.78 is 19.3. The number of urea groups is 1. The Hall–Kier alpha value is -2.86. The van der Waals surface area contributed by atoms with Crippen molar-refractivity contribution in [3.05, 3.63) is 65.6 Å². The Balaban J connectivity index is 1.46. The fourth-order valence-corrected chi connectivity index (χ4v) is 3.23. The van der Waals surface area contributed by atoms with E-state index in [-0.39, 0.29) is 18.0 Å². The average Bonchev–Trinajstić information content (AvgIpc) is 3.12. The number of benzene rings is 2. The van der Waals surface area contributed by atoms with Crippen molar-refractivity contribution in [1.29, 1.82) is 0 Å². The summed E-state index contributed by atoms with van der Waals surface area (Å²) in [4.78, 5) is 17.5. The van der Waals surface area contributed by atoms with Crippen LogP contribution in [0.3, 0.4) is 0 Å². The number of carbonyl (C=O) groups excluding carboxylic acids is 1. The molecule has 26 heavy (non-hydrogen) atoms. The maximum atomic E-state index is 13.5. The highest BCUT2D eigenvalue weighted by atomic mass is 19.1. The first-order valence-electron chi connectivity index (χ1n) is 8.61. The predicted octanol–water partition coefficient (Wildman–Crippen LogP) is 4.22. The summed E-state index contributed by atoms with van der Waals surface area (Å²) in [5.41, 5.74) is 3.18. The van der Waals surface area contributed by atoms with Crippen molar-refractivity contribution in [1.82, 2.24) is 9.88 Å². The van der Waals surface area contributed by atoms with Gasteiger partial charge in [0, 0.05) is 23.9 Å². The van der Waals surface area contributed by atoms with Gasteiger partial charge in [-0.2, -0.15) is 0 Å². The van der Waals surface area contributed by atoms with Crippen LogP contribution >= 0.6 is 0 Å². The normalized spacial score (nSPS) is 17.5. The van der Waals surface area contributed by atoms with Gasteiger partial charge in [-0.05, 0) is 47.7 Å². The number of anilines is 1. The van der Waals surface area contributed by atoms with Gasteiger partial charge in [0.25, 0.3) is 0 Å². The number of nitrogens with zero attached hydrogens (tertiary/aromatic N) is 1. The van der Waals surface area contributed by atoms with E-state index >= 15 is 0 Å². The summed E-state index contributed by atoms with van der Waals surface area (Å²) in [6.07, 6.45) is 1.62. The van der Waals surface area contributed by atoms with Crippen LogP contribution in [-0.4, -0.2) is 35.6 Å². The van der Waals surface area contributed by atoms with E-state index in [0.717, 1.165) is 22.2 Å². The monoisotopic (exact) mass is 353 g/mol. The van der Waals surface area contributed by atoms with Crippen molar-refractivity contribution in [2.75, 3.05) is 25.0 Å². The molecule has 1 atom stereocenters. The molecule has 1 fully saturated rings. The third-order valence-electron chi connectivity index (χ3n) is 4.71. The zero-order valence-electron chi connectivity index (χ0n) is 14.5. The molecule has 2 heterocycles. The first-order chi connectivity index (χ1) is 12.6. The molecule has 1 aromatic heterocycles. The van der Waals surface area contributed by atoms with Crippen molar-refractivity contribution in [2.45, 2.75) is 13.0 Å². The highest BCUT2D eigenvalue weighted by Crippen LogP contribution is 2.25. The number of rotatable bonds is 2. The standard InChI is InChI=1S/C20H20FN3O2/c1-13-10-15(3-5-17(13)21)19-12-24(8-9-26-19)20(25)23-16-4-2-14-6-7-22-18(14)11-16/h2-7,10-11,19,22H,8-9,12H2,1H3,(H,23,25). The number of morpholine rings is 1. The SMILES string of the molecule is Cc1cc(C2CN(C(=O)Nc3ccc4cc[nH]c4c3)CCO2)ccc1F. The molecule has 0 saturated carbocycles. The van der Waals surface area contributed by atoms with Crippen molar-refractivity contribution in [3.63, 3.8) is 0 Å².